The molecule has 0 aliphatic carbocycles. The van der Waals surface area contributed by atoms with Crippen LogP contribution < -0.4 is 10.6 Å². The van der Waals surface area contributed by atoms with E-state index in [1.165, 1.54) is 55.8 Å². The third kappa shape index (κ3) is 8.95. The molecule has 7 aromatic rings. The summed E-state index contributed by atoms with van der Waals surface area (Å²) in [6.45, 7) is 15.9. The number of anilines is 2. The topological polar surface area (TPSA) is 37.0 Å². The number of hydrogen-bond acceptors (Lipinski definition) is 3. The quantitative estimate of drug-likeness (QED) is 0.108. The lowest BCUT2D eigenvalue weighted by molar-refractivity contribution is 0.587. The van der Waals surface area contributed by atoms with Gasteiger partial charge in [0.2, 0.25) is 0 Å². The van der Waals surface area contributed by atoms with Gasteiger partial charge in [-0.25, -0.2) is 0 Å². The second kappa shape index (κ2) is 18.1. The standard InChI is InChI=1S/C55H59N3/c1-8-40-32-22-33-41(9-2)53(40)56-38(3)49-34-23-35-50(58-49)39(4)57-54-47(51(42-24-14-10-15-25-42)43-26-16-11-17-27-43)36-46(55(5,6)7)37-48(54)52(44-28-18-12-19-29-44)45-30-20-13-21-31-45/h10-39,51-52,56-57H,8-9H2,1-7H3. The lowest BCUT2D eigenvalue weighted by atomic mass is 9.75. The first-order valence-electron chi connectivity index (χ1n) is 21.1. The van der Waals surface area contributed by atoms with Crippen molar-refractivity contribution in [2.75, 3.05) is 10.6 Å². The van der Waals surface area contributed by atoms with Gasteiger partial charge in [-0.1, -0.05) is 192 Å². The number of aryl methyl sites for hydroxylation is 2. The Labute approximate surface area is 347 Å². The highest BCUT2D eigenvalue weighted by Crippen LogP contribution is 2.46. The molecule has 0 bridgehead atoms. The average molecular weight is 762 g/mol. The third-order valence-electron chi connectivity index (χ3n) is 11.6. The van der Waals surface area contributed by atoms with Gasteiger partial charge in [0.05, 0.1) is 23.5 Å². The molecule has 1 aromatic heterocycles. The van der Waals surface area contributed by atoms with Crippen LogP contribution in [0.3, 0.4) is 0 Å². The molecule has 294 valence electrons. The van der Waals surface area contributed by atoms with Gasteiger partial charge in [0.1, 0.15) is 0 Å². The second-order valence-corrected chi connectivity index (χ2v) is 16.7. The molecule has 6 aromatic carbocycles. The van der Waals surface area contributed by atoms with E-state index in [9.17, 15) is 0 Å². The Bertz CT molecular complexity index is 2180. The molecule has 0 fully saturated rings. The van der Waals surface area contributed by atoms with E-state index in [1.54, 1.807) is 0 Å². The summed E-state index contributed by atoms with van der Waals surface area (Å²) < 4.78 is 0. The summed E-state index contributed by atoms with van der Waals surface area (Å²) in [5, 5.41) is 8.05. The van der Waals surface area contributed by atoms with Crippen molar-refractivity contribution in [3.63, 3.8) is 0 Å². The SMILES string of the molecule is CCc1cccc(CC)c1NC(C)c1cccc(C(C)Nc2c(C(c3ccccc3)c3ccccc3)cc(C(C)(C)C)cc2C(c2ccccc2)c2ccccc2)n1. The summed E-state index contributed by atoms with van der Waals surface area (Å²) in [6.07, 6.45) is 1.96. The van der Waals surface area contributed by atoms with E-state index in [2.05, 4.69) is 229 Å². The predicted octanol–water partition coefficient (Wildman–Crippen LogP) is 14.2. The van der Waals surface area contributed by atoms with Crippen LogP contribution in [0.4, 0.5) is 11.4 Å². The van der Waals surface area contributed by atoms with Crippen molar-refractivity contribution in [2.24, 2.45) is 0 Å². The summed E-state index contributed by atoms with van der Waals surface area (Å²) in [5.41, 5.74) is 15.9. The molecule has 0 spiro atoms. The monoisotopic (exact) mass is 761 g/mol. The number of aromatic nitrogens is 1. The van der Waals surface area contributed by atoms with E-state index in [4.69, 9.17) is 4.98 Å². The van der Waals surface area contributed by atoms with Crippen LogP contribution in [0.25, 0.3) is 0 Å². The molecule has 1 heterocycles. The maximum atomic E-state index is 5.39. The van der Waals surface area contributed by atoms with Crippen molar-refractivity contribution in [3.8, 4) is 0 Å². The molecule has 0 aliphatic heterocycles. The fourth-order valence-corrected chi connectivity index (χ4v) is 8.39. The smallest absolute Gasteiger partial charge is 0.0657 e. The maximum Gasteiger partial charge on any atom is 0.0657 e. The second-order valence-electron chi connectivity index (χ2n) is 16.7. The zero-order valence-electron chi connectivity index (χ0n) is 35.3. The summed E-state index contributed by atoms with van der Waals surface area (Å²) >= 11 is 0. The summed E-state index contributed by atoms with van der Waals surface area (Å²) in [4.78, 5) is 5.39. The number of rotatable bonds is 14. The maximum absolute atomic E-state index is 5.39. The van der Waals surface area contributed by atoms with E-state index in [0.717, 1.165) is 29.9 Å². The average Bonchev–Trinajstić information content (AvgIpc) is 3.26. The number of hydrogen-bond donors (Lipinski definition) is 2. The molecule has 2 atom stereocenters. The molecular formula is C55H59N3. The van der Waals surface area contributed by atoms with Crippen molar-refractivity contribution in [2.45, 2.75) is 90.6 Å². The Morgan fingerprint density at radius 1 is 0.448 bits per heavy atom. The Morgan fingerprint density at radius 2 is 0.793 bits per heavy atom. The first kappa shape index (κ1) is 40.3. The van der Waals surface area contributed by atoms with Crippen LogP contribution in [0.1, 0.15) is 134 Å². The van der Waals surface area contributed by atoms with Crippen LogP contribution in [0.15, 0.2) is 170 Å². The van der Waals surface area contributed by atoms with Crippen LogP contribution in [-0.2, 0) is 18.3 Å². The molecule has 7 rings (SSSR count). The highest BCUT2D eigenvalue weighted by molar-refractivity contribution is 5.69. The minimum absolute atomic E-state index is 0.0137. The van der Waals surface area contributed by atoms with Gasteiger partial charge in [-0.15, -0.1) is 0 Å². The summed E-state index contributed by atoms with van der Waals surface area (Å²) in [5.74, 6) is -0.0273. The molecule has 0 amide bonds. The Kier molecular flexibility index (Phi) is 12.6. The predicted molar refractivity (Wildman–Crippen MR) is 246 cm³/mol. The van der Waals surface area contributed by atoms with Gasteiger partial charge in [-0.2, -0.15) is 0 Å². The van der Waals surface area contributed by atoms with Crippen LogP contribution in [0.5, 0.6) is 0 Å². The molecule has 3 heteroatoms. The molecule has 2 N–H and O–H groups in total. The highest BCUT2D eigenvalue weighted by Gasteiger charge is 2.30. The fourth-order valence-electron chi connectivity index (χ4n) is 8.39. The number of nitrogens with one attached hydrogen (secondary N) is 2. The Morgan fingerprint density at radius 3 is 1.14 bits per heavy atom. The number of para-hydroxylation sites is 1. The minimum atomic E-state index is -0.101. The van der Waals surface area contributed by atoms with Crippen LogP contribution >= 0.6 is 0 Å². The molecule has 0 radical (unpaired) electrons. The van der Waals surface area contributed by atoms with Gasteiger partial charge in [0.25, 0.3) is 0 Å². The largest absolute Gasteiger partial charge is 0.377 e. The molecule has 0 saturated carbocycles. The van der Waals surface area contributed by atoms with Crippen molar-refractivity contribution in [3.05, 3.63) is 231 Å². The van der Waals surface area contributed by atoms with E-state index < -0.39 is 0 Å². The van der Waals surface area contributed by atoms with E-state index in [0.29, 0.717) is 0 Å². The summed E-state index contributed by atoms with van der Waals surface area (Å²) in [6, 6.07) is 62.0. The lowest BCUT2D eigenvalue weighted by Gasteiger charge is -2.33. The van der Waals surface area contributed by atoms with Crippen LogP contribution in [0, 0.1) is 0 Å². The minimum Gasteiger partial charge on any atom is -0.377 e. The van der Waals surface area contributed by atoms with E-state index in [-0.39, 0.29) is 29.3 Å². The lowest BCUT2D eigenvalue weighted by Crippen LogP contribution is -2.20. The van der Waals surface area contributed by atoms with Gasteiger partial charge >= 0.3 is 0 Å². The normalized spacial score (nSPS) is 12.7. The zero-order valence-corrected chi connectivity index (χ0v) is 35.3. The molecule has 0 saturated heterocycles. The fraction of sp³-hybridized carbons (Fsp3) is 0.255. The van der Waals surface area contributed by atoms with Crippen LogP contribution in [-0.4, -0.2) is 4.98 Å². The Balaban J connectivity index is 1.42. The van der Waals surface area contributed by atoms with Gasteiger partial charge in [0, 0.05) is 23.2 Å². The molecule has 2 unspecified atom stereocenters. The van der Waals surface area contributed by atoms with Crippen molar-refractivity contribution in [1.82, 2.24) is 4.98 Å². The molecule has 58 heavy (non-hydrogen) atoms. The molecule has 3 nitrogen and oxygen atoms in total. The Hall–Kier alpha value is -5.93. The number of benzene rings is 6. The third-order valence-corrected chi connectivity index (χ3v) is 11.6. The first-order valence-corrected chi connectivity index (χ1v) is 21.1. The van der Waals surface area contributed by atoms with E-state index >= 15 is 0 Å². The van der Waals surface area contributed by atoms with E-state index in [1.807, 2.05) is 0 Å². The van der Waals surface area contributed by atoms with Gasteiger partial charge < -0.3 is 10.6 Å². The van der Waals surface area contributed by atoms with Gasteiger partial charge in [-0.3, -0.25) is 4.98 Å². The van der Waals surface area contributed by atoms with Gasteiger partial charge in [-0.05, 0) is 94.3 Å². The highest BCUT2D eigenvalue weighted by atomic mass is 15.0. The summed E-state index contributed by atoms with van der Waals surface area (Å²) in [7, 11) is 0. The number of pyridine rings is 1. The van der Waals surface area contributed by atoms with Crippen LogP contribution in [0.2, 0.25) is 0 Å². The molecular weight excluding hydrogens is 703 g/mol. The first-order chi connectivity index (χ1) is 28.2. The molecule has 0 aliphatic rings. The van der Waals surface area contributed by atoms with Crippen molar-refractivity contribution < 1.29 is 0 Å². The zero-order chi connectivity index (χ0) is 40.6. The van der Waals surface area contributed by atoms with Crippen molar-refractivity contribution in [1.29, 1.82) is 0 Å². The van der Waals surface area contributed by atoms with Gasteiger partial charge in [0.15, 0.2) is 0 Å². The number of nitrogens with zero attached hydrogens (tertiary/aromatic N) is 1. The van der Waals surface area contributed by atoms with Crippen molar-refractivity contribution >= 4 is 11.4 Å².